The van der Waals surface area contributed by atoms with Crippen LogP contribution in [0.2, 0.25) is 5.02 Å². The Labute approximate surface area is 182 Å². The van der Waals surface area contributed by atoms with E-state index in [0.29, 0.717) is 55.6 Å². The van der Waals surface area contributed by atoms with Gasteiger partial charge in [0.25, 0.3) is 0 Å². The molecule has 0 atom stereocenters. The summed E-state index contributed by atoms with van der Waals surface area (Å²) in [6.45, 7) is 1.83. The van der Waals surface area contributed by atoms with E-state index >= 15 is 0 Å². The summed E-state index contributed by atoms with van der Waals surface area (Å²) in [5.41, 5.74) is 1.62. The average molecular weight is 453 g/mol. The fourth-order valence-electron chi connectivity index (χ4n) is 3.19. The molecule has 1 saturated heterocycles. The summed E-state index contributed by atoms with van der Waals surface area (Å²) >= 11 is 5.86. The standard InChI is InChI=1S/C21H25ClN2O5S/c1-28-20-8-7-19(30(26,27)24-10-12-29-13-11-24)14-17(20)4-9-21(25)23-15-16-2-5-18(22)6-3-16/h2-3,5-8,14H,4,9-13,15H2,1H3,(H,23,25). The van der Waals surface area contributed by atoms with Crippen molar-refractivity contribution < 1.29 is 22.7 Å². The molecular weight excluding hydrogens is 428 g/mol. The Hall–Kier alpha value is -2.13. The molecule has 0 aromatic heterocycles. The molecule has 7 nitrogen and oxygen atoms in total. The molecule has 1 amide bonds. The lowest BCUT2D eigenvalue weighted by atomic mass is 10.1. The molecular formula is C21H25ClN2O5S. The fraction of sp³-hybridized carbons (Fsp3) is 0.381. The lowest BCUT2D eigenvalue weighted by Gasteiger charge is -2.26. The average Bonchev–Trinajstić information content (AvgIpc) is 2.77. The van der Waals surface area contributed by atoms with Crippen molar-refractivity contribution in [1.82, 2.24) is 9.62 Å². The summed E-state index contributed by atoms with van der Waals surface area (Å²) in [5, 5.41) is 3.50. The number of carbonyl (C=O) groups excluding carboxylic acids is 1. The van der Waals surface area contributed by atoms with Gasteiger partial charge in [-0.25, -0.2) is 8.42 Å². The molecule has 0 bridgehead atoms. The van der Waals surface area contributed by atoms with Gasteiger partial charge in [0.05, 0.1) is 25.2 Å². The SMILES string of the molecule is COc1ccc(S(=O)(=O)N2CCOCC2)cc1CCC(=O)NCc1ccc(Cl)cc1. The molecule has 162 valence electrons. The highest BCUT2D eigenvalue weighted by Crippen LogP contribution is 2.26. The van der Waals surface area contributed by atoms with Gasteiger partial charge in [0.15, 0.2) is 0 Å². The largest absolute Gasteiger partial charge is 0.496 e. The number of nitrogens with zero attached hydrogens (tertiary/aromatic N) is 1. The Bertz CT molecular complexity index is 973. The van der Waals surface area contributed by atoms with Gasteiger partial charge in [0, 0.05) is 31.1 Å². The predicted octanol–water partition coefficient (Wildman–Crippen LogP) is 2.62. The van der Waals surface area contributed by atoms with Crippen LogP contribution in [0.3, 0.4) is 0 Å². The van der Waals surface area contributed by atoms with Crippen molar-refractivity contribution in [2.75, 3.05) is 33.4 Å². The zero-order valence-corrected chi connectivity index (χ0v) is 18.3. The maximum Gasteiger partial charge on any atom is 0.243 e. The lowest BCUT2D eigenvalue weighted by Crippen LogP contribution is -2.40. The molecule has 0 saturated carbocycles. The molecule has 1 heterocycles. The van der Waals surface area contributed by atoms with Crippen LogP contribution in [0, 0.1) is 0 Å². The number of nitrogens with one attached hydrogen (secondary N) is 1. The van der Waals surface area contributed by atoms with Gasteiger partial charge in [-0.15, -0.1) is 0 Å². The van der Waals surface area contributed by atoms with Crippen LogP contribution < -0.4 is 10.1 Å². The normalized spacial score (nSPS) is 15.0. The van der Waals surface area contributed by atoms with Crippen LogP contribution in [0.25, 0.3) is 0 Å². The predicted molar refractivity (Wildman–Crippen MR) is 114 cm³/mol. The number of halogens is 1. The number of aryl methyl sites for hydroxylation is 1. The quantitative estimate of drug-likeness (QED) is 0.665. The van der Waals surface area contributed by atoms with Crippen LogP contribution in [-0.4, -0.2) is 52.0 Å². The number of amides is 1. The highest BCUT2D eigenvalue weighted by molar-refractivity contribution is 7.89. The molecule has 2 aromatic rings. The van der Waals surface area contributed by atoms with E-state index < -0.39 is 10.0 Å². The van der Waals surface area contributed by atoms with Gasteiger partial charge in [-0.05, 0) is 47.9 Å². The minimum atomic E-state index is -3.61. The van der Waals surface area contributed by atoms with Crippen LogP contribution in [0.15, 0.2) is 47.4 Å². The Kier molecular flexibility index (Phi) is 7.71. The Balaban J connectivity index is 1.65. The first-order valence-electron chi connectivity index (χ1n) is 9.66. The van der Waals surface area contributed by atoms with E-state index in [9.17, 15) is 13.2 Å². The number of morpholine rings is 1. The first-order chi connectivity index (χ1) is 14.4. The smallest absolute Gasteiger partial charge is 0.243 e. The third kappa shape index (κ3) is 5.72. The fourth-order valence-corrected chi connectivity index (χ4v) is 4.77. The third-order valence-corrected chi connectivity index (χ3v) is 7.03. The summed E-state index contributed by atoms with van der Waals surface area (Å²) in [6, 6.07) is 12.0. The summed E-state index contributed by atoms with van der Waals surface area (Å²) in [6.07, 6.45) is 0.576. The number of carbonyl (C=O) groups is 1. The van der Waals surface area contributed by atoms with Crippen molar-refractivity contribution in [1.29, 1.82) is 0 Å². The van der Waals surface area contributed by atoms with Crippen molar-refractivity contribution in [3.05, 3.63) is 58.6 Å². The molecule has 1 aliphatic rings. The Morgan fingerprint density at radius 3 is 2.53 bits per heavy atom. The van der Waals surface area contributed by atoms with Crippen LogP contribution in [-0.2, 0) is 32.5 Å². The van der Waals surface area contributed by atoms with Crippen molar-refractivity contribution >= 4 is 27.5 Å². The van der Waals surface area contributed by atoms with Crippen molar-refractivity contribution in [3.8, 4) is 5.75 Å². The molecule has 0 unspecified atom stereocenters. The minimum Gasteiger partial charge on any atom is -0.496 e. The van der Waals surface area contributed by atoms with E-state index in [2.05, 4.69) is 5.32 Å². The molecule has 1 N–H and O–H groups in total. The summed E-state index contributed by atoms with van der Waals surface area (Å²) < 4.78 is 37.8. The van der Waals surface area contributed by atoms with Crippen molar-refractivity contribution in [3.63, 3.8) is 0 Å². The second-order valence-electron chi connectivity index (χ2n) is 6.89. The zero-order valence-electron chi connectivity index (χ0n) is 16.8. The first-order valence-corrected chi connectivity index (χ1v) is 11.5. The second kappa shape index (κ2) is 10.3. The van der Waals surface area contributed by atoms with E-state index in [4.69, 9.17) is 21.1 Å². The van der Waals surface area contributed by atoms with Crippen LogP contribution in [0.1, 0.15) is 17.5 Å². The molecule has 1 fully saturated rings. The molecule has 2 aromatic carbocycles. The topological polar surface area (TPSA) is 84.9 Å². The highest BCUT2D eigenvalue weighted by Gasteiger charge is 2.27. The maximum atomic E-state index is 12.9. The number of methoxy groups -OCH3 is 1. The number of rotatable bonds is 8. The number of hydrogen-bond acceptors (Lipinski definition) is 5. The monoisotopic (exact) mass is 452 g/mol. The summed E-state index contributed by atoms with van der Waals surface area (Å²) in [5.74, 6) is 0.426. The van der Waals surface area contributed by atoms with E-state index in [1.54, 1.807) is 24.3 Å². The highest BCUT2D eigenvalue weighted by atomic mass is 35.5. The van der Waals surface area contributed by atoms with Gasteiger partial charge in [-0.3, -0.25) is 4.79 Å². The molecule has 0 radical (unpaired) electrons. The van der Waals surface area contributed by atoms with E-state index in [-0.39, 0.29) is 17.2 Å². The van der Waals surface area contributed by atoms with E-state index in [0.717, 1.165) is 5.56 Å². The molecule has 3 rings (SSSR count). The van der Waals surface area contributed by atoms with Gasteiger partial charge in [-0.1, -0.05) is 23.7 Å². The van der Waals surface area contributed by atoms with E-state index in [1.165, 1.54) is 17.5 Å². The van der Waals surface area contributed by atoms with Gasteiger partial charge < -0.3 is 14.8 Å². The molecule has 1 aliphatic heterocycles. The van der Waals surface area contributed by atoms with Gasteiger partial charge in [-0.2, -0.15) is 4.31 Å². The van der Waals surface area contributed by atoms with Crippen molar-refractivity contribution in [2.45, 2.75) is 24.3 Å². The number of ether oxygens (including phenoxy) is 2. The Morgan fingerprint density at radius 1 is 1.17 bits per heavy atom. The third-order valence-electron chi connectivity index (χ3n) is 4.88. The minimum absolute atomic E-state index is 0.131. The summed E-state index contributed by atoms with van der Waals surface area (Å²) in [7, 11) is -2.09. The van der Waals surface area contributed by atoms with Crippen molar-refractivity contribution in [2.24, 2.45) is 0 Å². The van der Waals surface area contributed by atoms with Crippen LogP contribution in [0.5, 0.6) is 5.75 Å². The number of sulfonamides is 1. The zero-order chi connectivity index (χ0) is 21.6. The van der Waals surface area contributed by atoms with Crippen LogP contribution >= 0.6 is 11.6 Å². The maximum absolute atomic E-state index is 12.9. The molecule has 0 spiro atoms. The number of benzene rings is 2. The van der Waals surface area contributed by atoms with Crippen LogP contribution in [0.4, 0.5) is 0 Å². The Morgan fingerprint density at radius 2 is 1.87 bits per heavy atom. The second-order valence-corrected chi connectivity index (χ2v) is 9.27. The van der Waals surface area contributed by atoms with E-state index in [1.807, 2.05) is 12.1 Å². The first kappa shape index (κ1) is 22.6. The van der Waals surface area contributed by atoms with Gasteiger partial charge >= 0.3 is 0 Å². The molecule has 0 aliphatic carbocycles. The summed E-state index contributed by atoms with van der Waals surface area (Å²) in [4.78, 5) is 12.5. The van der Waals surface area contributed by atoms with Gasteiger partial charge in [0.1, 0.15) is 5.75 Å². The van der Waals surface area contributed by atoms with Gasteiger partial charge in [0.2, 0.25) is 15.9 Å². The molecule has 30 heavy (non-hydrogen) atoms. The molecule has 9 heteroatoms. The number of hydrogen-bond donors (Lipinski definition) is 1. The lowest BCUT2D eigenvalue weighted by molar-refractivity contribution is -0.121.